The highest BCUT2D eigenvalue weighted by atomic mass is 32.1. The van der Waals surface area contributed by atoms with Crippen LogP contribution in [0.3, 0.4) is 0 Å². The molecule has 0 aliphatic rings. The minimum absolute atomic E-state index is 0.00773. The molecule has 0 radical (unpaired) electrons. The number of nitro groups is 1. The number of thiocarbonyl (C=S) groups is 1. The van der Waals surface area contributed by atoms with Gasteiger partial charge >= 0.3 is 0 Å². The van der Waals surface area contributed by atoms with E-state index in [0.717, 1.165) is 17.8 Å². The van der Waals surface area contributed by atoms with Crippen molar-refractivity contribution in [2.24, 2.45) is 0 Å². The maximum absolute atomic E-state index is 10.6. The van der Waals surface area contributed by atoms with E-state index in [0.29, 0.717) is 10.8 Å². The van der Waals surface area contributed by atoms with Crippen molar-refractivity contribution in [3.63, 3.8) is 0 Å². The lowest BCUT2D eigenvalue weighted by Gasteiger charge is -2.17. The Kier molecular flexibility index (Phi) is 5.28. The Morgan fingerprint density at radius 1 is 1.43 bits per heavy atom. The van der Waals surface area contributed by atoms with E-state index in [1.54, 1.807) is 12.1 Å². The number of anilines is 1. The Morgan fingerprint density at radius 3 is 2.61 bits per heavy atom. The SMILES string of the molecule is CCn1ncc(C(C)NC(=S)Nc2ccc([N+](=O)[O-])cc2)c1C. The Labute approximate surface area is 139 Å². The number of nitro benzene ring substituents is 1. The zero-order chi connectivity index (χ0) is 17.0. The maximum atomic E-state index is 10.6. The van der Waals surface area contributed by atoms with Crippen molar-refractivity contribution in [3.05, 3.63) is 51.8 Å². The van der Waals surface area contributed by atoms with Gasteiger partial charge < -0.3 is 10.6 Å². The minimum Gasteiger partial charge on any atom is -0.356 e. The molecule has 1 heterocycles. The molecule has 0 aliphatic carbocycles. The molecular formula is C15H19N5O2S. The molecule has 0 amide bonds. The summed E-state index contributed by atoms with van der Waals surface area (Å²) in [5.74, 6) is 0. The molecule has 1 atom stereocenters. The molecule has 1 aromatic heterocycles. The molecule has 0 saturated carbocycles. The highest BCUT2D eigenvalue weighted by Crippen LogP contribution is 2.18. The molecule has 0 bridgehead atoms. The van der Waals surface area contributed by atoms with E-state index in [9.17, 15) is 10.1 Å². The number of aryl methyl sites for hydroxylation is 1. The lowest BCUT2D eigenvalue weighted by Crippen LogP contribution is -2.31. The number of rotatable bonds is 5. The molecule has 0 aliphatic heterocycles. The lowest BCUT2D eigenvalue weighted by molar-refractivity contribution is -0.384. The third-order valence-corrected chi connectivity index (χ3v) is 3.81. The summed E-state index contributed by atoms with van der Waals surface area (Å²) in [6.07, 6.45) is 1.84. The van der Waals surface area contributed by atoms with Gasteiger partial charge in [0.15, 0.2) is 5.11 Å². The van der Waals surface area contributed by atoms with E-state index in [1.165, 1.54) is 12.1 Å². The van der Waals surface area contributed by atoms with Crippen LogP contribution >= 0.6 is 12.2 Å². The second-order valence-corrected chi connectivity index (χ2v) is 5.53. The van der Waals surface area contributed by atoms with Crippen molar-refractivity contribution >= 4 is 28.7 Å². The second kappa shape index (κ2) is 7.19. The Morgan fingerprint density at radius 2 is 2.09 bits per heavy atom. The number of benzene rings is 1. The number of non-ortho nitro benzene ring substituents is 1. The van der Waals surface area contributed by atoms with Crippen LogP contribution in [0.5, 0.6) is 0 Å². The van der Waals surface area contributed by atoms with E-state index in [1.807, 2.05) is 31.6 Å². The Bertz CT molecular complexity index is 711. The average Bonchev–Trinajstić information content (AvgIpc) is 2.88. The summed E-state index contributed by atoms with van der Waals surface area (Å²) in [6, 6.07) is 6.12. The molecule has 7 nitrogen and oxygen atoms in total. The second-order valence-electron chi connectivity index (χ2n) is 5.13. The van der Waals surface area contributed by atoms with Crippen LogP contribution < -0.4 is 10.6 Å². The fourth-order valence-electron chi connectivity index (χ4n) is 2.31. The molecule has 1 aromatic carbocycles. The minimum atomic E-state index is -0.434. The van der Waals surface area contributed by atoms with Crippen LogP contribution in [0.2, 0.25) is 0 Å². The first kappa shape index (κ1) is 16.9. The molecule has 23 heavy (non-hydrogen) atoms. The van der Waals surface area contributed by atoms with Crippen LogP contribution in [0.4, 0.5) is 11.4 Å². The van der Waals surface area contributed by atoms with Gasteiger partial charge in [0.2, 0.25) is 0 Å². The molecule has 2 aromatic rings. The van der Waals surface area contributed by atoms with Gasteiger partial charge in [0.05, 0.1) is 17.2 Å². The molecule has 0 saturated heterocycles. The summed E-state index contributed by atoms with van der Waals surface area (Å²) >= 11 is 5.29. The summed E-state index contributed by atoms with van der Waals surface area (Å²) in [6.45, 7) is 6.90. The van der Waals surface area contributed by atoms with Gasteiger partial charge in [-0.25, -0.2) is 0 Å². The van der Waals surface area contributed by atoms with Crippen molar-refractivity contribution in [3.8, 4) is 0 Å². The highest BCUT2D eigenvalue weighted by Gasteiger charge is 2.14. The summed E-state index contributed by atoms with van der Waals surface area (Å²) in [4.78, 5) is 10.2. The van der Waals surface area contributed by atoms with Crippen molar-refractivity contribution in [2.45, 2.75) is 33.4 Å². The summed E-state index contributed by atoms with van der Waals surface area (Å²) in [7, 11) is 0. The van der Waals surface area contributed by atoms with Gasteiger partial charge in [0, 0.05) is 35.6 Å². The van der Waals surface area contributed by atoms with Crippen LogP contribution in [-0.2, 0) is 6.54 Å². The molecular weight excluding hydrogens is 314 g/mol. The van der Waals surface area contributed by atoms with Crippen molar-refractivity contribution in [1.82, 2.24) is 15.1 Å². The van der Waals surface area contributed by atoms with Gasteiger partial charge in [-0.3, -0.25) is 14.8 Å². The van der Waals surface area contributed by atoms with Crippen LogP contribution in [0.25, 0.3) is 0 Å². The normalized spacial score (nSPS) is 11.8. The molecule has 8 heteroatoms. The maximum Gasteiger partial charge on any atom is 0.269 e. The molecule has 122 valence electrons. The molecule has 2 N–H and O–H groups in total. The van der Waals surface area contributed by atoms with Crippen LogP contribution in [-0.4, -0.2) is 19.8 Å². The number of hydrogen-bond donors (Lipinski definition) is 2. The quantitative estimate of drug-likeness (QED) is 0.497. The van der Waals surface area contributed by atoms with Gasteiger partial charge in [-0.2, -0.15) is 5.10 Å². The van der Waals surface area contributed by atoms with Crippen LogP contribution in [0.1, 0.15) is 31.1 Å². The largest absolute Gasteiger partial charge is 0.356 e. The van der Waals surface area contributed by atoms with Crippen LogP contribution in [0, 0.1) is 17.0 Å². The molecule has 0 spiro atoms. The first-order chi connectivity index (χ1) is 10.9. The number of hydrogen-bond acceptors (Lipinski definition) is 4. The first-order valence-corrected chi connectivity index (χ1v) is 7.67. The smallest absolute Gasteiger partial charge is 0.269 e. The van der Waals surface area contributed by atoms with E-state index in [2.05, 4.69) is 15.7 Å². The van der Waals surface area contributed by atoms with Crippen molar-refractivity contribution in [1.29, 1.82) is 0 Å². The monoisotopic (exact) mass is 333 g/mol. The summed E-state index contributed by atoms with van der Waals surface area (Å²) in [5.41, 5.74) is 2.93. The van der Waals surface area contributed by atoms with Gasteiger partial charge in [-0.1, -0.05) is 0 Å². The van der Waals surface area contributed by atoms with Gasteiger partial charge in [-0.15, -0.1) is 0 Å². The van der Waals surface area contributed by atoms with E-state index < -0.39 is 4.92 Å². The zero-order valence-electron chi connectivity index (χ0n) is 13.2. The Hall–Kier alpha value is -2.48. The summed E-state index contributed by atoms with van der Waals surface area (Å²) < 4.78 is 1.93. The molecule has 2 rings (SSSR count). The van der Waals surface area contributed by atoms with Gasteiger partial charge in [0.1, 0.15) is 0 Å². The van der Waals surface area contributed by atoms with Gasteiger partial charge in [0.25, 0.3) is 5.69 Å². The van der Waals surface area contributed by atoms with E-state index in [4.69, 9.17) is 12.2 Å². The van der Waals surface area contributed by atoms with E-state index >= 15 is 0 Å². The number of nitrogens with zero attached hydrogens (tertiary/aromatic N) is 3. The standard InChI is InChI=1S/C15H19N5O2S/c1-4-19-11(3)14(9-16-19)10(2)17-15(23)18-12-5-7-13(8-6-12)20(21)22/h5-10H,4H2,1-3H3,(H2,17,18,23). The van der Waals surface area contributed by atoms with E-state index in [-0.39, 0.29) is 11.7 Å². The number of nitrogens with one attached hydrogen (secondary N) is 2. The number of aromatic nitrogens is 2. The zero-order valence-corrected chi connectivity index (χ0v) is 14.1. The summed E-state index contributed by atoms with van der Waals surface area (Å²) in [5, 5.41) is 21.6. The predicted octanol–water partition coefficient (Wildman–Crippen LogP) is 3.17. The van der Waals surface area contributed by atoms with Crippen LogP contribution in [0.15, 0.2) is 30.5 Å². The third kappa shape index (κ3) is 4.04. The lowest BCUT2D eigenvalue weighted by atomic mass is 10.1. The topological polar surface area (TPSA) is 85.0 Å². The third-order valence-electron chi connectivity index (χ3n) is 3.59. The predicted molar refractivity (Wildman–Crippen MR) is 93.5 cm³/mol. The van der Waals surface area contributed by atoms with Gasteiger partial charge in [-0.05, 0) is 45.1 Å². The Balaban J connectivity index is 1.98. The fourth-order valence-corrected chi connectivity index (χ4v) is 2.61. The average molecular weight is 333 g/mol. The fraction of sp³-hybridized carbons (Fsp3) is 0.333. The van der Waals surface area contributed by atoms with Crippen molar-refractivity contribution in [2.75, 3.05) is 5.32 Å². The molecule has 1 unspecified atom stereocenters. The van der Waals surface area contributed by atoms with Crippen molar-refractivity contribution < 1.29 is 4.92 Å². The highest BCUT2D eigenvalue weighted by molar-refractivity contribution is 7.80. The molecule has 0 fully saturated rings. The first-order valence-electron chi connectivity index (χ1n) is 7.26.